The van der Waals surface area contributed by atoms with Crippen molar-refractivity contribution in [1.82, 2.24) is 0 Å². The zero-order valence-corrected chi connectivity index (χ0v) is 29.1. The maximum absolute atomic E-state index is 15.2. The van der Waals surface area contributed by atoms with Crippen LogP contribution in [0.15, 0.2) is 0 Å². The predicted octanol–water partition coefficient (Wildman–Crippen LogP) is 2.25. The Morgan fingerprint density at radius 3 is 1.88 bits per heavy atom. The van der Waals surface area contributed by atoms with Gasteiger partial charge >= 0.3 is 35.8 Å². The molecule has 1 saturated heterocycles. The van der Waals surface area contributed by atoms with Gasteiger partial charge in [0.25, 0.3) is 0 Å². The zero-order valence-electron chi connectivity index (χ0n) is 29.1. The molecule has 48 heavy (non-hydrogen) atoms. The maximum Gasteiger partial charge on any atom is 0.308 e. The minimum Gasteiger partial charge on any atom is -0.461 e. The Bertz CT molecular complexity index is 1440. The average Bonchev–Trinajstić information content (AvgIpc) is 3.36. The molecule has 0 unspecified atom stereocenters. The Hall–Kier alpha value is -3.55. The summed E-state index contributed by atoms with van der Waals surface area (Å²) in [6.45, 7) is 14.0. The van der Waals surface area contributed by atoms with Crippen molar-refractivity contribution in [3.05, 3.63) is 0 Å². The summed E-state index contributed by atoms with van der Waals surface area (Å²) < 4.78 is 42.9. The Balaban J connectivity index is 1.88. The first kappa shape index (κ1) is 35.7. The normalized spacial score (nSPS) is 43.7. The minimum atomic E-state index is -1.84. The van der Waals surface area contributed by atoms with Gasteiger partial charge in [-0.2, -0.15) is 0 Å². The van der Waals surface area contributed by atoms with Gasteiger partial charge in [-0.15, -0.1) is 0 Å². The molecule has 266 valence electrons. The van der Waals surface area contributed by atoms with Gasteiger partial charge in [-0.05, 0) is 32.6 Å². The molecule has 5 rings (SSSR count). The number of hydrogen-bond acceptors (Lipinski definition) is 14. The highest BCUT2D eigenvalue weighted by molar-refractivity contribution is 5.94. The average molecular weight is 679 g/mol. The first-order valence-electron chi connectivity index (χ1n) is 16.5. The molecular weight excluding hydrogens is 632 g/mol. The fourth-order valence-corrected chi connectivity index (χ4v) is 10.2. The summed E-state index contributed by atoms with van der Waals surface area (Å²) in [5.74, 6) is -9.61. The van der Waals surface area contributed by atoms with Crippen LogP contribution in [0.2, 0.25) is 0 Å². The summed E-state index contributed by atoms with van der Waals surface area (Å²) in [6.07, 6.45) is -5.24. The van der Waals surface area contributed by atoms with Crippen molar-refractivity contribution in [1.29, 1.82) is 0 Å². The predicted molar refractivity (Wildman–Crippen MR) is 160 cm³/mol. The van der Waals surface area contributed by atoms with E-state index >= 15 is 4.79 Å². The Morgan fingerprint density at radius 2 is 1.35 bits per heavy atom. The molecule has 0 aromatic rings. The fraction of sp³-hybridized carbons (Fsp3) is 0.794. The fourth-order valence-electron chi connectivity index (χ4n) is 10.2. The topological polar surface area (TPSA) is 184 Å². The summed E-state index contributed by atoms with van der Waals surface area (Å²) in [7, 11) is 0. The second kappa shape index (κ2) is 11.8. The molecule has 14 nitrogen and oxygen atoms in total. The molecule has 0 aromatic carbocycles. The molecule has 5 fully saturated rings. The van der Waals surface area contributed by atoms with Crippen LogP contribution in [0.3, 0.4) is 0 Å². The van der Waals surface area contributed by atoms with Crippen LogP contribution >= 0.6 is 0 Å². The molecule has 0 radical (unpaired) electrons. The first-order valence-corrected chi connectivity index (χ1v) is 16.5. The van der Waals surface area contributed by atoms with E-state index in [1.54, 1.807) is 34.6 Å². The summed E-state index contributed by atoms with van der Waals surface area (Å²) in [6, 6.07) is 0. The lowest BCUT2D eigenvalue weighted by Crippen LogP contribution is -2.75. The Morgan fingerprint density at radius 1 is 0.771 bits per heavy atom. The van der Waals surface area contributed by atoms with Crippen LogP contribution in [0.4, 0.5) is 0 Å². The number of carbonyl (C=O) groups excluding carboxylic acids is 7. The third-order valence-corrected chi connectivity index (χ3v) is 11.3. The van der Waals surface area contributed by atoms with E-state index in [0.717, 1.165) is 6.92 Å². The van der Waals surface area contributed by atoms with Crippen molar-refractivity contribution in [2.45, 2.75) is 123 Å². The van der Waals surface area contributed by atoms with Gasteiger partial charge in [0.1, 0.15) is 23.4 Å². The van der Waals surface area contributed by atoms with E-state index < -0.39 is 124 Å². The van der Waals surface area contributed by atoms with Gasteiger partial charge in [0.15, 0.2) is 23.6 Å². The van der Waals surface area contributed by atoms with E-state index in [4.69, 9.17) is 33.2 Å². The third-order valence-electron chi connectivity index (χ3n) is 11.3. The summed E-state index contributed by atoms with van der Waals surface area (Å²) >= 11 is 0. The van der Waals surface area contributed by atoms with Crippen molar-refractivity contribution in [2.75, 3.05) is 6.61 Å². The monoisotopic (exact) mass is 678 g/mol. The lowest BCUT2D eigenvalue weighted by Gasteiger charge is -2.64. The highest BCUT2D eigenvalue weighted by Crippen LogP contribution is 2.73. The Labute approximate surface area is 279 Å². The molecule has 0 aromatic heterocycles. The van der Waals surface area contributed by atoms with Crippen LogP contribution in [-0.4, -0.2) is 89.4 Å². The summed E-state index contributed by atoms with van der Waals surface area (Å²) in [5, 5.41) is 0. The van der Waals surface area contributed by atoms with Crippen LogP contribution in [0.25, 0.3) is 0 Å². The zero-order chi connectivity index (χ0) is 35.9. The maximum atomic E-state index is 15.2. The molecule has 1 heterocycles. The molecule has 2 bridgehead atoms. The number of fused-ring (bicyclic) bond motifs is 2. The number of ketones is 1. The van der Waals surface area contributed by atoms with Crippen molar-refractivity contribution in [3.8, 4) is 0 Å². The quantitative estimate of drug-likeness (QED) is 0.282. The number of rotatable bonds is 7. The van der Waals surface area contributed by atoms with E-state index in [1.165, 1.54) is 27.7 Å². The van der Waals surface area contributed by atoms with Crippen molar-refractivity contribution in [3.63, 3.8) is 0 Å². The van der Waals surface area contributed by atoms with Crippen LogP contribution in [0.1, 0.15) is 82.1 Å². The van der Waals surface area contributed by atoms with E-state index in [9.17, 15) is 28.8 Å². The van der Waals surface area contributed by atoms with Crippen LogP contribution < -0.4 is 0 Å². The van der Waals surface area contributed by atoms with Gasteiger partial charge < -0.3 is 33.2 Å². The van der Waals surface area contributed by atoms with Gasteiger partial charge in [-0.25, -0.2) is 0 Å². The van der Waals surface area contributed by atoms with E-state index in [0.29, 0.717) is 0 Å². The van der Waals surface area contributed by atoms with Crippen LogP contribution in [-0.2, 0) is 66.7 Å². The van der Waals surface area contributed by atoms with Gasteiger partial charge in [0.05, 0.1) is 23.9 Å². The molecule has 4 saturated carbocycles. The highest BCUT2D eigenvalue weighted by Gasteiger charge is 2.86. The SMILES string of the molecule is CC(=O)O[C@@H]1[C@H]2[C@@H](OC(=O)C(C)C)[C@@H](C)C[C@]2(OC(C)=O)[C@@H](OC(C)=O)[C@]2(C)OC[C@]13C(=O)[C@H](OC(C)=O)[C@@H]1C[C@](C)(OC(C)=O)[C@@H]1[C@@H]23. The molecule has 13 atom stereocenters. The molecule has 14 heteroatoms. The lowest BCUT2D eigenvalue weighted by molar-refractivity contribution is -0.260. The molecule has 1 aliphatic heterocycles. The van der Waals surface area contributed by atoms with Gasteiger partial charge in [-0.1, -0.05) is 20.8 Å². The number of esters is 6. The van der Waals surface area contributed by atoms with Gasteiger partial charge in [-0.3, -0.25) is 33.6 Å². The number of ether oxygens (including phenoxy) is 7. The number of carbonyl (C=O) groups is 7. The molecule has 0 N–H and O–H groups in total. The molecular formula is C34H46O14. The first-order chi connectivity index (χ1) is 22.2. The molecule has 0 amide bonds. The van der Waals surface area contributed by atoms with E-state index in [-0.39, 0.29) is 19.4 Å². The van der Waals surface area contributed by atoms with Gasteiger partial charge in [0.2, 0.25) is 0 Å². The summed E-state index contributed by atoms with van der Waals surface area (Å²) in [5.41, 5.74) is -6.52. The van der Waals surface area contributed by atoms with Crippen LogP contribution in [0, 0.1) is 40.9 Å². The summed E-state index contributed by atoms with van der Waals surface area (Å²) in [4.78, 5) is 92.5. The van der Waals surface area contributed by atoms with Gasteiger partial charge in [0, 0.05) is 52.4 Å². The van der Waals surface area contributed by atoms with E-state index in [1.807, 2.05) is 0 Å². The Kier molecular flexibility index (Phi) is 8.79. The number of Topliss-reactive ketones (excluding diaryl/α,β-unsaturated/α-hetero) is 1. The van der Waals surface area contributed by atoms with Crippen molar-refractivity contribution >= 4 is 41.6 Å². The molecule has 0 spiro atoms. The smallest absolute Gasteiger partial charge is 0.308 e. The van der Waals surface area contributed by atoms with Crippen molar-refractivity contribution in [2.24, 2.45) is 40.9 Å². The third kappa shape index (κ3) is 5.11. The number of hydrogen-bond donors (Lipinski definition) is 0. The second-order valence-electron chi connectivity index (χ2n) is 15.0. The molecule has 5 aliphatic rings. The minimum absolute atomic E-state index is 0.0262. The van der Waals surface area contributed by atoms with Crippen molar-refractivity contribution < 1.29 is 66.7 Å². The lowest BCUT2D eigenvalue weighted by atomic mass is 9.42. The highest BCUT2D eigenvalue weighted by atomic mass is 16.6. The standard InChI is InChI=1S/C34H46O14/c1-14(2)29(41)46-24-15(3)11-34(48-20(8)39)23(24)28(44-17(5)36)33-13-42-32(10,30(34)45-18(6)37)26(33)22-21(12-31(22,9)47-19(7)38)25(27(33)40)43-16(4)35/h14-15,21-26,28,30H,11-13H2,1-10H3/t15-,21+,22-,23+,24-,25+,26-,28+,30-,31-,32+,33-,34+/m0/s1. The van der Waals surface area contributed by atoms with Crippen LogP contribution in [0.5, 0.6) is 0 Å². The second-order valence-corrected chi connectivity index (χ2v) is 15.0. The largest absolute Gasteiger partial charge is 0.461 e. The molecule has 4 aliphatic carbocycles. The van der Waals surface area contributed by atoms with E-state index in [2.05, 4.69) is 0 Å².